The molecule has 3 heterocycles. The lowest BCUT2D eigenvalue weighted by atomic mass is 9.90. The third kappa shape index (κ3) is 2.29. The van der Waals surface area contributed by atoms with Crippen molar-refractivity contribution in [3.05, 3.63) is 35.5 Å². The number of aromatic amines is 1. The number of ether oxygens (including phenoxy) is 1. The lowest BCUT2D eigenvalue weighted by molar-refractivity contribution is -0.0587. The van der Waals surface area contributed by atoms with E-state index in [0.717, 1.165) is 26.0 Å². The van der Waals surface area contributed by atoms with Gasteiger partial charge in [0, 0.05) is 17.4 Å². The third-order valence-corrected chi connectivity index (χ3v) is 5.22. The van der Waals surface area contributed by atoms with Gasteiger partial charge in [0.15, 0.2) is 0 Å². The van der Waals surface area contributed by atoms with Crippen LogP contribution in [0.15, 0.2) is 24.3 Å². The van der Waals surface area contributed by atoms with Crippen LogP contribution in [0.1, 0.15) is 37.4 Å². The van der Waals surface area contributed by atoms with Crippen molar-refractivity contribution in [3.63, 3.8) is 0 Å². The average Bonchev–Trinajstić information content (AvgIpc) is 3.14. The van der Waals surface area contributed by atoms with Crippen LogP contribution in [0.2, 0.25) is 0 Å². The van der Waals surface area contributed by atoms with Crippen molar-refractivity contribution in [2.45, 2.75) is 38.2 Å². The molecule has 2 aliphatic rings. The summed E-state index contributed by atoms with van der Waals surface area (Å²) < 4.78 is 6.22. The van der Waals surface area contributed by atoms with Gasteiger partial charge in [0.25, 0.3) is 0 Å². The minimum absolute atomic E-state index is 0.158. The monoisotopic (exact) mass is 284 g/mol. The number of nitrogens with zero attached hydrogens (tertiary/aromatic N) is 1. The molecular formula is C18H24N2O. The fourth-order valence-corrected chi connectivity index (χ4v) is 3.94. The van der Waals surface area contributed by atoms with Crippen LogP contribution in [0, 0.1) is 0 Å². The maximum Gasteiger partial charge on any atom is 0.106 e. The topological polar surface area (TPSA) is 28.3 Å². The number of benzene rings is 1. The Bertz CT molecular complexity index is 642. The third-order valence-electron chi connectivity index (χ3n) is 5.22. The number of hydrogen-bond donors (Lipinski definition) is 1. The Morgan fingerprint density at radius 1 is 1.24 bits per heavy atom. The summed E-state index contributed by atoms with van der Waals surface area (Å²) in [6.45, 7) is 6.76. The van der Waals surface area contributed by atoms with Crippen LogP contribution in [0.25, 0.3) is 10.9 Å². The standard InChI is InChI=1S/C18H24N2O/c1-18(9-12-20-10-4-5-11-20)17-15(8-13-21-18)14-6-2-3-7-16(14)19-17/h2-3,6-7,19H,4-5,8-13H2,1H3. The van der Waals surface area contributed by atoms with Gasteiger partial charge in [-0.25, -0.2) is 0 Å². The molecular weight excluding hydrogens is 260 g/mol. The predicted octanol–water partition coefficient (Wildman–Crippen LogP) is 3.44. The summed E-state index contributed by atoms with van der Waals surface area (Å²) in [5.74, 6) is 0. The van der Waals surface area contributed by atoms with E-state index >= 15 is 0 Å². The minimum Gasteiger partial charge on any atom is -0.369 e. The van der Waals surface area contributed by atoms with Crippen LogP contribution in [-0.4, -0.2) is 36.1 Å². The molecule has 4 rings (SSSR count). The van der Waals surface area contributed by atoms with E-state index < -0.39 is 0 Å². The van der Waals surface area contributed by atoms with E-state index in [4.69, 9.17) is 4.74 Å². The number of rotatable bonds is 3. The smallest absolute Gasteiger partial charge is 0.106 e. The fraction of sp³-hybridized carbons (Fsp3) is 0.556. The Labute approximate surface area is 126 Å². The Morgan fingerprint density at radius 3 is 2.90 bits per heavy atom. The van der Waals surface area contributed by atoms with E-state index in [1.807, 2.05) is 0 Å². The Hall–Kier alpha value is -1.32. The van der Waals surface area contributed by atoms with E-state index in [2.05, 4.69) is 41.1 Å². The normalized spacial score (nSPS) is 26.3. The quantitative estimate of drug-likeness (QED) is 0.935. The molecule has 21 heavy (non-hydrogen) atoms. The van der Waals surface area contributed by atoms with Crippen LogP contribution < -0.4 is 0 Å². The molecule has 0 radical (unpaired) electrons. The Morgan fingerprint density at radius 2 is 2.05 bits per heavy atom. The Balaban J connectivity index is 1.65. The van der Waals surface area contributed by atoms with E-state index in [1.165, 1.54) is 48.1 Å². The number of hydrogen-bond acceptors (Lipinski definition) is 2. The fourth-order valence-electron chi connectivity index (χ4n) is 3.94. The van der Waals surface area contributed by atoms with Crippen LogP contribution >= 0.6 is 0 Å². The average molecular weight is 284 g/mol. The molecule has 1 aromatic carbocycles. The van der Waals surface area contributed by atoms with Gasteiger partial charge < -0.3 is 14.6 Å². The molecule has 2 aliphatic heterocycles. The van der Waals surface area contributed by atoms with E-state index in [0.29, 0.717) is 0 Å². The highest BCUT2D eigenvalue weighted by Gasteiger charge is 2.36. The van der Waals surface area contributed by atoms with Gasteiger partial charge in [-0.3, -0.25) is 0 Å². The maximum absolute atomic E-state index is 6.22. The van der Waals surface area contributed by atoms with Crippen LogP contribution in [-0.2, 0) is 16.8 Å². The number of para-hydroxylation sites is 1. The number of fused-ring (bicyclic) bond motifs is 3. The van der Waals surface area contributed by atoms with Crippen LogP contribution in [0.5, 0.6) is 0 Å². The zero-order chi connectivity index (χ0) is 14.3. The summed E-state index contributed by atoms with van der Waals surface area (Å²) in [4.78, 5) is 6.21. The molecule has 0 saturated carbocycles. The molecule has 1 fully saturated rings. The molecule has 0 amide bonds. The molecule has 0 aliphatic carbocycles. The van der Waals surface area contributed by atoms with Crippen molar-refractivity contribution in [1.82, 2.24) is 9.88 Å². The first-order valence-electron chi connectivity index (χ1n) is 8.23. The SMILES string of the molecule is CC1(CCN2CCCC2)OCCc2c1[nH]c1ccccc21. The summed E-state index contributed by atoms with van der Waals surface area (Å²) in [7, 11) is 0. The van der Waals surface area contributed by atoms with Crippen molar-refractivity contribution in [3.8, 4) is 0 Å². The number of likely N-dealkylation sites (tertiary alicyclic amines) is 1. The van der Waals surface area contributed by atoms with Gasteiger partial charge in [-0.05, 0) is 57.3 Å². The first kappa shape index (κ1) is 13.4. The number of nitrogens with one attached hydrogen (secondary N) is 1. The first-order valence-corrected chi connectivity index (χ1v) is 8.23. The molecule has 0 bridgehead atoms. The van der Waals surface area contributed by atoms with Gasteiger partial charge in [-0.2, -0.15) is 0 Å². The van der Waals surface area contributed by atoms with E-state index in [-0.39, 0.29) is 5.60 Å². The summed E-state index contributed by atoms with van der Waals surface area (Å²) in [6.07, 6.45) is 4.82. The van der Waals surface area contributed by atoms with Gasteiger partial charge in [0.1, 0.15) is 5.60 Å². The summed E-state index contributed by atoms with van der Waals surface area (Å²) >= 11 is 0. The molecule has 3 heteroatoms. The second kappa shape index (κ2) is 5.15. The van der Waals surface area contributed by atoms with Crippen molar-refractivity contribution >= 4 is 10.9 Å². The van der Waals surface area contributed by atoms with Crippen molar-refractivity contribution < 1.29 is 4.74 Å². The highest BCUT2D eigenvalue weighted by Crippen LogP contribution is 2.39. The maximum atomic E-state index is 6.22. The summed E-state index contributed by atoms with van der Waals surface area (Å²) in [5.41, 5.74) is 3.88. The molecule has 1 unspecified atom stereocenters. The highest BCUT2D eigenvalue weighted by molar-refractivity contribution is 5.85. The van der Waals surface area contributed by atoms with Gasteiger partial charge in [-0.15, -0.1) is 0 Å². The predicted molar refractivity (Wildman–Crippen MR) is 85.6 cm³/mol. The van der Waals surface area contributed by atoms with Gasteiger partial charge >= 0.3 is 0 Å². The van der Waals surface area contributed by atoms with Gasteiger partial charge in [0.2, 0.25) is 0 Å². The second-order valence-electron chi connectivity index (χ2n) is 6.65. The number of aromatic nitrogens is 1. The molecule has 1 atom stereocenters. The van der Waals surface area contributed by atoms with Crippen molar-refractivity contribution in [1.29, 1.82) is 0 Å². The summed E-state index contributed by atoms with van der Waals surface area (Å²) in [6, 6.07) is 8.64. The first-order chi connectivity index (χ1) is 10.3. The van der Waals surface area contributed by atoms with Gasteiger partial charge in [-0.1, -0.05) is 18.2 Å². The molecule has 1 saturated heterocycles. The van der Waals surface area contributed by atoms with Crippen molar-refractivity contribution in [2.75, 3.05) is 26.2 Å². The van der Waals surface area contributed by atoms with E-state index in [1.54, 1.807) is 0 Å². The minimum atomic E-state index is -0.158. The Kier molecular flexibility index (Phi) is 3.27. The lowest BCUT2D eigenvalue weighted by Crippen LogP contribution is -2.36. The second-order valence-corrected chi connectivity index (χ2v) is 6.65. The molecule has 112 valence electrons. The lowest BCUT2D eigenvalue weighted by Gasteiger charge is -2.35. The summed E-state index contributed by atoms with van der Waals surface area (Å²) in [5, 5.41) is 1.38. The molecule has 1 N–H and O–H groups in total. The largest absolute Gasteiger partial charge is 0.369 e. The van der Waals surface area contributed by atoms with Crippen LogP contribution in [0.3, 0.4) is 0 Å². The molecule has 2 aromatic rings. The highest BCUT2D eigenvalue weighted by atomic mass is 16.5. The van der Waals surface area contributed by atoms with Crippen molar-refractivity contribution in [2.24, 2.45) is 0 Å². The zero-order valence-electron chi connectivity index (χ0n) is 12.8. The zero-order valence-corrected chi connectivity index (χ0v) is 12.8. The number of H-pyrrole nitrogens is 1. The van der Waals surface area contributed by atoms with Crippen LogP contribution in [0.4, 0.5) is 0 Å². The molecule has 1 aromatic heterocycles. The van der Waals surface area contributed by atoms with E-state index in [9.17, 15) is 0 Å². The molecule has 3 nitrogen and oxygen atoms in total. The van der Waals surface area contributed by atoms with Gasteiger partial charge in [0.05, 0.1) is 12.3 Å². The molecule has 0 spiro atoms.